The van der Waals surface area contributed by atoms with E-state index in [0.717, 1.165) is 0 Å². The van der Waals surface area contributed by atoms with Gasteiger partial charge in [0.15, 0.2) is 0 Å². The lowest BCUT2D eigenvalue weighted by Gasteiger charge is -1.54. The first kappa shape index (κ1) is 15.8. The zero-order chi connectivity index (χ0) is 3.54. The number of hydrogen-bond acceptors (Lipinski definition) is 1. The normalized spacial score (nSPS) is 10.0. The Kier molecular flexibility index (Phi) is 20.4. The lowest BCUT2D eigenvalue weighted by Crippen LogP contribution is -1.63. The molecular formula is C3H6BCl3N. The molecule has 0 spiro atoms. The summed E-state index contributed by atoms with van der Waals surface area (Å²) in [5.41, 5.74) is 0. The summed E-state index contributed by atoms with van der Waals surface area (Å²) in [6.45, 7) is 0. The summed E-state index contributed by atoms with van der Waals surface area (Å²) in [6.07, 6.45) is 3.64. The molecule has 1 rings (SSSR count). The third-order valence-corrected chi connectivity index (χ3v) is 0.455. The van der Waals surface area contributed by atoms with Crippen molar-refractivity contribution in [3.63, 3.8) is 0 Å². The fraction of sp³-hybridized carbons (Fsp3) is 0. The van der Waals surface area contributed by atoms with E-state index in [1.165, 1.54) is 0 Å². The monoisotopic (exact) mass is 172 g/mol. The molecule has 0 atom stereocenters. The summed E-state index contributed by atoms with van der Waals surface area (Å²) < 4.78 is 0. The number of hydrogen-bond donors (Lipinski definition) is 0. The van der Waals surface area contributed by atoms with Gasteiger partial charge in [0.1, 0.15) is 0 Å². The summed E-state index contributed by atoms with van der Waals surface area (Å²) in [5.74, 6) is 1.89. The highest BCUT2D eigenvalue weighted by atomic mass is 35.5. The van der Waals surface area contributed by atoms with E-state index in [2.05, 4.69) is 4.90 Å². The van der Waals surface area contributed by atoms with Crippen molar-refractivity contribution in [1.82, 2.24) is 0 Å². The minimum Gasteiger partial charge on any atom is -0.350 e. The molecule has 0 aromatic carbocycles. The van der Waals surface area contributed by atoms with Crippen LogP contribution in [0.25, 0.3) is 0 Å². The molecule has 0 aromatic heterocycles. The Morgan fingerprint density at radius 3 is 1.88 bits per heavy atom. The highest BCUT2D eigenvalue weighted by molar-refractivity contribution is 6.44. The molecule has 0 unspecified atom stereocenters. The summed E-state index contributed by atoms with van der Waals surface area (Å²) in [7, 11) is 1.75. The van der Waals surface area contributed by atoms with Gasteiger partial charge in [0.05, 0.1) is 0 Å². The van der Waals surface area contributed by atoms with Crippen LogP contribution in [-0.4, -0.2) is 13.6 Å². The average molecular weight is 173 g/mol. The highest BCUT2D eigenvalue weighted by Crippen LogP contribution is 1.75. The second-order valence-corrected chi connectivity index (χ2v) is 0.832. The Morgan fingerprint density at radius 2 is 1.75 bits per heavy atom. The summed E-state index contributed by atoms with van der Waals surface area (Å²) in [6, 6.07) is 0. The highest BCUT2D eigenvalue weighted by Gasteiger charge is 1.77. The molecule has 0 saturated heterocycles. The van der Waals surface area contributed by atoms with E-state index >= 15 is 0 Å². The van der Waals surface area contributed by atoms with Crippen LogP contribution < -0.4 is 0 Å². The molecule has 1 nitrogen and oxygen atoms in total. The van der Waals surface area contributed by atoms with Crippen LogP contribution in [0.1, 0.15) is 0 Å². The van der Waals surface area contributed by atoms with E-state index < -0.39 is 0 Å². The zero-order valence-electron chi connectivity index (χ0n) is 3.98. The number of halogens is 3. The molecule has 0 aliphatic carbocycles. The van der Waals surface area contributed by atoms with E-state index in [1.807, 2.05) is 12.1 Å². The maximum atomic E-state index is 3.72. The predicted molar refractivity (Wildman–Crippen MR) is 45.1 cm³/mol. The van der Waals surface area contributed by atoms with Gasteiger partial charge in [-0.25, -0.2) is 0 Å². The van der Waals surface area contributed by atoms with Crippen molar-refractivity contribution in [2.75, 3.05) is 0 Å². The molecule has 1 aliphatic heterocycles. The van der Waals surface area contributed by atoms with Gasteiger partial charge in [-0.1, -0.05) is 12.1 Å². The molecular weight excluding hydrogens is 167 g/mol. The Balaban J connectivity index is -0.0000000833. The SMILES string of the molecule is Cl.Cl.Cl.[B]1C=CC=N1. The van der Waals surface area contributed by atoms with E-state index in [-0.39, 0.29) is 37.2 Å². The van der Waals surface area contributed by atoms with Gasteiger partial charge in [-0.2, -0.15) is 0 Å². The van der Waals surface area contributed by atoms with Gasteiger partial charge in [0, 0.05) is 6.21 Å². The topological polar surface area (TPSA) is 12.4 Å². The van der Waals surface area contributed by atoms with Crippen LogP contribution in [0.5, 0.6) is 0 Å². The largest absolute Gasteiger partial charge is 0.350 e. The van der Waals surface area contributed by atoms with Crippen LogP contribution in [0.2, 0.25) is 0 Å². The van der Waals surface area contributed by atoms with Crippen molar-refractivity contribution in [3.05, 3.63) is 12.1 Å². The van der Waals surface area contributed by atoms with Crippen LogP contribution in [-0.2, 0) is 0 Å². The molecule has 1 radical (unpaired) electrons. The van der Waals surface area contributed by atoms with Gasteiger partial charge < -0.3 is 4.90 Å². The average Bonchev–Trinajstić information content (AvgIpc) is 1.76. The predicted octanol–water partition coefficient (Wildman–Crippen LogP) is 1.47. The molecule has 8 heavy (non-hydrogen) atoms. The van der Waals surface area contributed by atoms with Gasteiger partial charge in [-0.05, 0) is 0 Å². The lowest BCUT2D eigenvalue weighted by molar-refractivity contribution is 1.94. The first-order valence-corrected chi connectivity index (χ1v) is 1.52. The standard InChI is InChI=1S/C3H3BN.3ClH/c1-2-4-5-3-1;;;/h1-3H;3*1H. The first-order valence-electron chi connectivity index (χ1n) is 1.52. The Hall–Kier alpha value is 0.345. The Bertz CT molecular complexity index is 72.6. The summed E-state index contributed by atoms with van der Waals surface area (Å²) >= 11 is 0. The summed E-state index contributed by atoms with van der Waals surface area (Å²) in [5, 5.41) is 0. The van der Waals surface area contributed by atoms with Gasteiger partial charge in [-0.3, -0.25) is 0 Å². The van der Waals surface area contributed by atoms with Crippen LogP contribution in [0.3, 0.4) is 0 Å². The van der Waals surface area contributed by atoms with Crippen molar-refractivity contribution in [2.24, 2.45) is 4.90 Å². The third-order valence-electron chi connectivity index (χ3n) is 0.455. The van der Waals surface area contributed by atoms with E-state index in [9.17, 15) is 0 Å². The Morgan fingerprint density at radius 1 is 1.12 bits per heavy atom. The quantitative estimate of drug-likeness (QED) is 0.492. The fourth-order valence-electron chi connectivity index (χ4n) is 0.248. The van der Waals surface area contributed by atoms with E-state index in [4.69, 9.17) is 0 Å². The molecule has 1 heterocycles. The molecule has 0 bridgehead atoms. The number of nitrogens with zero attached hydrogens (tertiary/aromatic N) is 1. The number of allylic oxidation sites excluding steroid dienone is 1. The first-order chi connectivity index (χ1) is 2.50. The second kappa shape index (κ2) is 10.4. The minimum absolute atomic E-state index is 0. The van der Waals surface area contributed by atoms with Gasteiger partial charge in [0.25, 0.3) is 0 Å². The molecule has 0 aromatic rings. The van der Waals surface area contributed by atoms with E-state index in [0.29, 0.717) is 0 Å². The van der Waals surface area contributed by atoms with Crippen molar-refractivity contribution < 1.29 is 0 Å². The number of rotatable bonds is 0. The van der Waals surface area contributed by atoms with Gasteiger partial charge >= 0.3 is 7.41 Å². The maximum absolute atomic E-state index is 3.72. The minimum atomic E-state index is 0. The van der Waals surface area contributed by atoms with Crippen molar-refractivity contribution in [1.29, 1.82) is 0 Å². The third kappa shape index (κ3) is 6.34. The van der Waals surface area contributed by atoms with E-state index in [1.54, 1.807) is 13.6 Å². The van der Waals surface area contributed by atoms with Crippen molar-refractivity contribution >= 4 is 50.9 Å². The van der Waals surface area contributed by atoms with Crippen LogP contribution in [0.4, 0.5) is 0 Å². The maximum Gasteiger partial charge on any atom is 0.304 e. The molecule has 0 amide bonds. The molecule has 0 saturated carbocycles. The zero-order valence-corrected chi connectivity index (χ0v) is 6.43. The lowest BCUT2D eigenvalue weighted by atomic mass is 10.00. The van der Waals surface area contributed by atoms with Crippen molar-refractivity contribution in [3.8, 4) is 0 Å². The van der Waals surface area contributed by atoms with Crippen LogP contribution in [0, 0.1) is 0 Å². The molecule has 5 heteroatoms. The molecule has 47 valence electrons. The smallest absolute Gasteiger partial charge is 0.304 e. The fourth-order valence-corrected chi connectivity index (χ4v) is 0.248. The van der Waals surface area contributed by atoms with Crippen molar-refractivity contribution in [2.45, 2.75) is 0 Å². The van der Waals surface area contributed by atoms with Gasteiger partial charge in [-0.15, -0.1) is 37.2 Å². The van der Waals surface area contributed by atoms with Crippen LogP contribution >= 0.6 is 37.2 Å². The molecule has 0 N–H and O–H groups in total. The molecule has 0 fully saturated rings. The Labute approximate surface area is 68.1 Å². The van der Waals surface area contributed by atoms with Crippen LogP contribution in [0.15, 0.2) is 17.0 Å². The molecule has 1 aliphatic rings. The summed E-state index contributed by atoms with van der Waals surface area (Å²) in [4.78, 5) is 3.72. The second-order valence-electron chi connectivity index (χ2n) is 0.832. The van der Waals surface area contributed by atoms with Gasteiger partial charge in [0.2, 0.25) is 0 Å².